The molecule has 0 aromatic heterocycles. The molecule has 1 rings (SSSR count). The largest absolute Gasteiger partial charge is 0.370 e. The van der Waals surface area contributed by atoms with Crippen LogP contribution in [0.2, 0.25) is 0 Å². The summed E-state index contributed by atoms with van der Waals surface area (Å²) < 4.78 is 13.4. The molecule has 98 valence electrons. The van der Waals surface area contributed by atoms with Crippen LogP contribution in [0.5, 0.6) is 0 Å². The van der Waals surface area contributed by atoms with Crippen molar-refractivity contribution in [1.82, 2.24) is 5.32 Å². The first-order valence-corrected chi connectivity index (χ1v) is 5.83. The van der Waals surface area contributed by atoms with Crippen molar-refractivity contribution in [1.29, 1.82) is 0 Å². The summed E-state index contributed by atoms with van der Waals surface area (Å²) in [6.45, 7) is 2.20. The highest BCUT2D eigenvalue weighted by Gasteiger charge is 2.10. The van der Waals surface area contributed by atoms with Gasteiger partial charge in [-0.3, -0.25) is 9.59 Å². The molecule has 0 atom stereocenters. The van der Waals surface area contributed by atoms with Gasteiger partial charge in [-0.05, 0) is 31.9 Å². The standard InChI is InChI=1S/C13H17FN2O2/c1-9-5-6-11(14)10(8-9)13(18)16-7-3-2-4-12(15)17/h5-6,8H,2-4,7H2,1H3,(H2,15,17)(H,16,18). The van der Waals surface area contributed by atoms with E-state index in [1.807, 2.05) is 0 Å². The number of hydrogen-bond donors (Lipinski definition) is 2. The van der Waals surface area contributed by atoms with Gasteiger partial charge in [0.05, 0.1) is 5.56 Å². The zero-order valence-corrected chi connectivity index (χ0v) is 10.3. The molecule has 3 N–H and O–H groups in total. The van der Waals surface area contributed by atoms with Gasteiger partial charge in [0.2, 0.25) is 5.91 Å². The van der Waals surface area contributed by atoms with Crippen LogP contribution >= 0.6 is 0 Å². The summed E-state index contributed by atoms with van der Waals surface area (Å²) in [6.07, 6.45) is 1.56. The number of rotatable bonds is 6. The SMILES string of the molecule is Cc1ccc(F)c(C(=O)NCCCCC(N)=O)c1. The van der Waals surface area contributed by atoms with Gasteiger partial charge in [-0.15, -0.1) is 0 Å². The summed E-state index contributed by atoms with van der Waals surface area (Å²) in [5.74, 6) is -1.32. The molecule has 0 unspecified atom stereocenters. The number of hydrogen-bond acceptors (Lipinski definition) is 2. The Labute approximate surface area is 105 Å². The quantitative estimate of drug-likeness (QED) is 0.753. The van der Waals surface area contributed by atoms with E-state index in [4.69, 9.17) is 5.73 Å². The van der Waals surface area contributed by atoms with E-state index in [9.17, 15) is 14.0 Å². The molecule has 1 aromatic carbocycles. The maximum absolute atomic E-state index is 13.4. The smallest absolute Gasteiger partial charge is 0.254 e. The molecule has 2 amide bonds. The molecule has 0 aliphatic rings. The van der Waals surface area contributed by atoms with Gasteiger partial charge in [-0.1, -0.05) is 11.6 Å². The lowest BCUT2D eigenvalue weighted by Gasteiger charge is -2.06. The molecule has 4 nitrogen and oxygen atoms in total. The average molecular weight is 252 g/mol. The molecule has 0 heterocycles. The number of aryl methyl sites for hydroxylation is 1. The molecule has 0 saturated heterocycles. The molecule has 0 fully saturated rings. The Morgan fingerprint density at radius 2 is 2.06 bits per heavy atom. The molecule has 5 heteroatoms. The molecule has 18 heavy (non-hydrogen) atoms. The van der Waals surface area contributed by atoms with Gasteiger partial charge in [0.1, 0.15) is 5.82 Å². The number of carbonyl (C=O) groups excluding carboxylic acids is 2. The predicted octanol–water partition coefficient (Wildman–Crippen LogP) is 1.52. The molecular formula is C13H17FN2O2. The third kappa shape index (κ3) is 4.53. The summed E-state index contributed by atoms with van der Waals surface area (Å²) in [5.41, 5.74) is 5.86. The Balaban J connectivity index is 2.41. The highest BCUT2D eigenvalue weighted by molar-refractivity contribution is 5.94. The maximum atomic E-state index is 13.4. The minimum Gasteiger partial charge on any atom is -0.370 e. The van der Waals surface area contributed by atoms with Gasteiger partial charge in [-0.25, -0.2) is 4.39 Å². The number of amides is 2. The van der Waals surface area contributed by atoms with Crippen molar-refractivity contribution in [2.45, 2.75) is 26.2 Å². The van der Waals surface area contributed by atoms with E-state index in [-0.39, 0.29) is 11.5 Å². The van der Waals surface area contributed by atoms with Gasteiger partial charge in [-0.2, -0.15) is 0 Å². The Hall–Kier alpha value is -1.91. The average Bonchev–Trinajstić information content (AvgIpc) is 2.31. The van der Waals surface area contributed by atoms with Crippen LogP contribution in [0.3, 0.4) is 0 Å². The molecule has 0 radical (unpaired) electrons. The number of primary amides is 1. The lowest BCUT2D eigenvalue weighted by molar-refractivity contribution is -0.118. The fourth-order valence-corrected chi connectivity index (χ4v) is 1.53. The van der Waals surface area contributed by atoms with Gasteiger partial charge in [0.15, 0.2) is 0 Å². The van der Waals surface area contributed by atoms with Crippen LogP contribution in [0.1, 0.15) is 35.2 Å². The van der Waals surface area contributed by atoms with E-state index < -0.39 is 11.7 Å². The predicted molar refractivity (Wildman–Crippen MR) is 66.5 cm³/mol. The summed E-state index contributed by atoms with van der Waals surface area (Å²) in [5, 5.41) is 2.61. The highest BCUT2D eigenvalue weighted by Crippen LogP contribution is 2.09. The molecule has 0 bridgehead atoms. The molecule has 1 aromatic rings. The lowest BCUT2D eigenvalue weighted by Crippen LogP contribution is -2.25. The van der Waals surface area contributed by atoms with Crippen molar-refractivity contribution in [3.05, 3.63) is 35.1 Å². The number of nitrogens with one attached hydrogen (secondary N) is 1. The van der Waals surface area contributed by atoms with E-state index in [1.54, 1.807) is 13.0 Å². The minimum absolute atomic E-state index is 0.0462. The van der Waals surface area contributed by atoms with E-state index in [1.165, 1.54) is 12.1 Å². The minimum atomic E-state index is -0.532. The summed E-state index contributed by atoms with van der Waals surface area (Å²) in [4.78, 5) is 22.2. The third-order valence-corrected chi connectivity index (χ3v) is 2.50. The first kappa shape index (κ1) is 14.2. The number of nitrogens with two attached hydrogens (primary N) is 1. The van der Waals surface area contributed by atoms with Crippen molar-refractivity contribution in [2.75, 3.05) is 6.54 Å². The van der Waals surface area contributed by atoms with Crippen LogP contribution < -0.4 is 11.1 Å². The number of halogens is 1. The Morgan fingerprint density at radius 1 is 1.33 bits per heavy atom. The first-order valence-electron chi connectivity index (χ1n) is 5.83. The zero-order chi connectivity index (χ0) is 13.5. The molecule has 0 saturated carbocycles. The van der Waals surface area contributed by atoms with Crippen LogP contribution in [0.25, 0.3) is 0 Å². The van der Waals surface area contributed by atoms with Crippen LogP contribution in [0, 0.1) is 12.7 Å². The summed E-state index contributed by atoms with van der Waals surface area (Å²) in [7, 11) is 0. The molecular weight excluding hydrogens is 235 g/mol. The van der Waals surface area contributed by atoms with Crippen molar-refractivity contribution in [2.24, 2.45) is 5.73 Å². The maximum Gasteiger partial charge on any atom is 0.254 e. The third-order valence-electron chi connectivity index (χ3n) is 2.50. The van der Waals surface area contributed by atoms with Crippen molar-refractivity contribution >= 4 is 11.8 Å². The lowest BCUT2D eigenvalue weighted by atomic mass is 10.1. The van der Waals surface area contributed by atoms with Crippen LogP contribution in [0.15, 0.2) is 18.2 Å². The monoisotopic (exact) mass is 252 g/mol. The Morgan fingerprint density at radius 3 is 2.72 bits per heavy atom. The van der Waals surface area contributed by atoms with Crippen molar-refractivity contribution < 1.29 is 14.0 Å². The van der Waals surface area contributed by atoms with Crippen LogP contribution in [-0.2, 0) is 4.79 Å². The van der Waals surface area contributed by atoms with E-state index in [0.717, 1.165) is 5.56 Å². The number of carbonyl (C=O) groups is 2. The first-order chi connectivity index (χ1) is 8.50. The van der Waals surface area contributed by atoms with E-state index in [0.29, 0.717) is 25.8 Å². The second kappa shape index (κ2) is 6.74. The Kier molecular flexibility index (Phi) is 5.30. The zero-order valence-electron chi connectivity index (χ0n) is 10.3. The van der Waals surface area contributed by atoms with Crippen molar-refractivity contribution in [3.63, 3.8) is 0 Å². The van der Waals surface area contributed by atoms with Gasteiger partial charge >= 0.3 is 0 Å². The normalized spacial score (nSPS) is 10.1. The van der Waals surface area contributed by atoms with Gasteiger partial charge < -0.3 is 11.1 Å². The fraction of sp³-hybridized carbons (Fsp3) is 0.385. The van der Waals surface area contributed by atoms with Crippen molar-refractivity contribution in [3.8, 4) is 0 Å². The number of benzene rings is 1. The molecule has 0 aliphatic carbocycles. The van der Waals surface area contributed by atoms with Gasteiger partial charge in [0, 0.05) is 13.0 Å². The second-order valence-electron chi connectivity index (χ2n) is 4.16. The highest BCUT2D eigenvalue weighted by atomic mass is 19.1. The van der Waals surface area contributed by atoms with Crippen LogP contribution in [0.4, 0.5) is 4.39 Å². The van der Waals surface area contributed by atoms with E-state index >= 15 is 0 Å². The van der Waals surface area contributed by atoms with E-state index in [2.05, 4.69) is 5.32 Å². The van der Waals surface area contributed by atoms with Gasteiger partial charge in [0.25, 0.3) is 5.91 Å². The summed E-state index contributed by atoms with van der Waals surface area (Å²) >= 11 is 0. The molecule has 0 aliphatic heterocycles. The van der Waals surface area contributed by atoms with Crippen LogP contribution in [-0.4, -0.2) is 18.4 Å². The second-order valence-corrected chi connectivity index (χ2v) is 4.16. The topological polar surface area (TPSA) is 72.2 Å². The Bertz CT molecular complexity index is 447. The fourth-order valence-electron chi connectivity index (χ4n) is 1.53. The number of unbranched alkanes of at least 4 members (excludes halogenated alkanes) is 1. The molecule has 0 spiro atoms. The summed E-state index contributed by atoms with van der Waals surface area (Å²) in [6, 6.07) is 4.39.